The van der Waals surface area contributed by atoms with Crippen LogP contribution < -0.4 is 5.32 Å². The molecule has 0 aromatic carbocycles. The minimum atomic E-state index is -0.0489. The fourth-order valence-electron chi connectivity index (χ4n) is 1.41. The van der Waals surface area contributed by atoms with Gasteiger partial charge in [-0.2, -0.15) is 4.98 Å². The zero-order valence-corrected chi connectivity index (χ0v) is 10.9. The summed E-state index contributed by atoms with van der Waals surface area (Å²) in [7, 11) is 0. The smallest absolute Gasteiger partial charge is 0.224 e. The van der Waals surface area contributed by atoms with Crippen LogP contribution in [0, 0.1) is 6.92 Å². The number of rotatable bonds is 3. The van der Waals surface area contributed by atoms with Crippen LogP contribution in [0.2, 0.25) is 10.3 Å². The highest BCUT2D eigenvalue weighted by Crippen LogP contribution is 2.25. The number of hydrogen-bond acceptors (Lipinski definition) is 4. The summed E-state index contributed by atoms with van der Waals surface area (Å²) in [4.78, 5) is 7.80. The number of nitrogens with zero attached hydrogens (tertiary/aromatic N) is 2. The van der Waals surface area contributed by atoms with Gasteiger partial charge >= 0.3 is 0 Å². The van der Waals surface area contributed by atoms with Crippen molar-refractivity contribution in [3.05, 3.63) is 40.2 Å². The van der Waals surface area contributed by atoms with Gasteiger partial charge in [0, 0.05) is 0 Å². The van der Waals surface area contributed by atoms with Crippen LogP contribution in [0.15, 0.2) is 22.7 Å². The van der Waals surface area contributed by atoms with Crippen molar-refractivity contribution in [2.75, 3.05) is 5.32 Å². The molecule has 1 unspecified atom stereocenters. The van der Waals surface area contributed by atoms with Crippen LogP contribution >= 0.6 is 23.2 Å². The Labute approximate surface area is 109 Å². The van der Waals surface area contributed by atoms with E-state index in [1.54, 1.807) is 0 Å². The Morgan fingerprint density at radius 3 is 2.76 bits per heavy atom. The van der Waals surface area contributed by atoms with Crippen molar-refractivity contribution in [3.8, 4) is 0 Å². The largest absolute Gasteiger partial charge is 0.464 e. The van der Waals surface area contributed by atoms with E-state index >= 15 is 0 Å². The minimum absolute atomic E-state index is 0.0489. The highest BCUT2D eigenvalue weighted by Gasteiger charge is 2.12. The predicted molar refractivity (Wildman–Crippen MR) is 67.5 cm³/mol. The SMILES string of the molecule is Cc1ccc(C(C)Nc2nc(Cl)ncc2Cl)o1. The number of hydrogen-bond donors (Lipinski definition) is 1. The van der Waals surface area contributed by atoms with Gasteiger partial charge in [0.1, 0.15) is 22.4 Å². The van der Waals surface area contributed by atoms with Gasteiger partial charge in [0.05, 0.1) is 12.2 Å². The van der Waals surface area contributed by atoms with E-state index in [2.05, 4.69) is 15.3 Å². The second-order valence-corrected chi connectivity index (χ2v) is 4.40. The lowest BCUT2D eigenvalue weighted by atomic mass is 10.2. The Morgan fingerprint density at radius 2 is 2.12 bits per heavy atom. The van der Waals surface area contributed by atoms with E-state index < -0.39 is 0 Å². The minimum Gasteiger partial charge on any atom is -0.464 e. The summed E-state index contributed by atoms with van der Waals surface area (Å²) < 4.78 is 5.51. The Morgan fingerprint density at radius 1 is 1.35 bits per heavy atom. The lowest BCUT2D eigenvalue weighted by molar-refractivity contribution is 0.466. The number of aryl methyl sites for hydroxylation is 1. The lowest BCUT2D eigenvalue weighted by Crippen LogP contribution is -2.08. The maximum absolute atomic E-state index is 5.96. The normalized spacial score (nSPS) is 12.5. The third-order valence-electron chi connectivity index (χ3n) is 2.26. The summed E-state index contributed by atoms with van der Waals surface area (Å²) in [6, 6.07) is 3.76. The third-order valence-corrected chi connectivity index (χ3v) is 2.71. The molecule has 0 bridgehead atoms. The van der Waals surface area contributed by atoms with Gasteiger partial charge in [0.2, 0.25) is 5.28 Å². The molecule has 0 fully saturated rings. The van der Waals surface area contributed by atoms with Crippen molar-refractivity contribution in [1.82, 2.24) is 9.97 Å². The third kappa shape index (κ3) is 2.90. The van der Waals surface area contributed by atoms with E-state index in [1.165, 1.54) is 6.20 Å². The van der Waals surface area contributed by atoms with Gasteiger partial charge in [0.25, 0.3) is 0 Å². The molecule has 0 saturated heterocycles. The van der Waals surface area contributed by atoms with Gasteiger partial charge in [0.15, 0.2) is 0 Å². The molecular formula is C11H11Cl2N3O. The molecule has 2 heterocycles. The van der Waals surface area contributed by atoms with Crippen LogP contribution in [0.5, 0.6) is 0 Å². The van der Waals surface area contributed by atoms with E-state index in [-0.39, 0.29) is 11.3 Å². The highest BCUT2D eigenvalue weighted by molar-refractivity contribution is 6.33. The summed E-state index contributed by atoms with van der Waals surface area (Å²) in [6.07, 6.45) is 1.46. The molecule has 17 heavy (non-hydrogen) atoms. The van der Waals surface area contributed by atoms with Crippen molar-refractivity contribution in [2.45, 2.75) is 19.9 Å². The van der Waals surface area contributed by atoms with Crippen LogP contribution in [-0.2, 0) is 0 Å². The number of anilines is 1. The summed E-state index contributed by atoms with van der Waals surface area (Å²) in [5, 5.41) is 3.69. The first kappa shape index (κ1) is 12.2. The van der Waals surface area contributed by atoms with Crippen molar-refractivity contribution in [1.29, 1.82) is 0 Å². The standard InChI is InChI=1S/C11H11Cl2N3O/c1-6-3-4-9(17-6)7(2)15-10-8(12)5-14-11(13)16-10/h3-5,7H,1-2H3,(H,14,15,16). The van der Waals surface area contributed by atoms with Gasteiger partial charge < -0.3 is 9.73 Å². The first-order valence-electron chi connectivity index (χ1n) is 5.07. The molecule has 2 aromatic heterocycles. The van der Waals surface area contributed by atoms with Gasteiger partial charge in [-0.3, -0.25) is 0 Å². The maximum Gasteiger partial charge on any atom is 0.224 e. The molecule has 0 aliphatic rings. The lowest BCUT2D eigenvalue weighted by Gasteiger charge is -2.12. The van der Waals surface area contributed by atoms with Crippen molar-refractivity contribution in [3.63, 3.8) is 0 Å². The summed E-state index contributed by atoms with van der Waals surface area (Å²) in [6.45, 7) is 3.84. The van der Waals surface area contributed by atoms with Gasteiger partial charge in [-0.15, -0.1) is 0 Å². The second-order valence-electron chi connectivity index (χ2n) is 3.65. The highest BCUT2D eigenvalue weighted by atomic mass is 35.5. The fourth-order valence-corrected chi connectivity index (χ4v) is 1.69. The van der Waals surface area contributed by atoms with E-state index in [4.69, 9.17) is 27.6 Å². The molecule has 0 aliphatic heterocycles. The zero-order valence-electron chi connectivity index (χ0n) is 9.37. The van der Waals surface area contributed by atoms with Gasteiger partial charge in [-0.1, -0.05) is 11.6 Å². The van der Waals surface area contributed by atoms with Crippen molar-refractivity contribution < 1.29 is 4.42 Å². The number of nitrogens with one attached hydrogen (secondary N) is 1. The first-order chi connectivity index (χ1) is 8.06. The van der Waals surface area contributed by atoms with Crippen LogP contribution in [0.3, 0.4) is 0 Å². The first-order valence-corrected chi connectivity index (χ1v) is 5.83. The molecular weight excluding hydrogens is 261 g/mol. The molecule has 1 atom stereocenters. The summed E-state index contributed by atoms with van der Waals surface area (Å²) in [5.74, 6) is 2.17. The molecule has 0 spiro atoms. The molecule has 90 valence electrons. The average Bonchev–Trinajstić information content (AvgIpc) is 2.70. The van der Waals surface area contributed by atoms with Crippen LogP contribution in [0.4, 0.5) is 5.82 Å². The molecule has 0 aliphatic carbocycles. The van der Waals surface area contributed by atoms with Gasteiger partial charge in [-0.05, 0) is 37.6 Å². The van der Waals surface area contributed by atoms with E-state index in [0.717, 1.165) is 11.5 Å². The summed E-state index contributed by atoms with van der Waals surface area (Å²) in [5.41, 5.74) is 0. The Hall–Kier alpha value is -1.26. The fraction of sp³-hybridized carbons (Fsp3) is 0.273. The molecule has 0 radical (unpaired) electrons. The van der Waals surface area contributed by atoms with Crippen LogP contribution in [0.25, 0.3) is 0 Å². The maximum atomic E-state index is 5.96. The van der Waals surface area contributed by atoms with E-state index in [1.807, 2.05) is 26.0 Å². The topological polar surface area (TPSA) is 51.0 Å². The monoisotopic (exact) mass is 271 g/mol. The molecule has 1 N–H and O–H groups in total. The molecule has 0 amide bonds. The van der Waals surface area contributed by atoms with Gasteiger partial charge in [-0.25, -0.2) is 4.98 Å². The summed E-state index contributed by atoms with van der Waals surface area (Å²) >= 11 is 11.7. The van der Waals surface area contributed by atoms with Crippen molar-refractivity contribution >= 4 is 29.0 Å². The van der Waals surface area contributed by atoms with Crippen molar-refractivity contribution in [2.24, 2.45) is 0 Å². The van der Waals surface area contributed by atoms with E-state index in [9.17, 15) is 0 Å². The molecule has 6 heteroatoms. The number of aromatic nitrogens is 2. The van der Waals surface area contributed by atoms with Crippen LogP contribution in [0.1, 0.15) is 24.5 Å². The quantitative estimate of drug-likeness (QED) is 0.862. The number of halogens is 2. The second kappa shape index (κ2) is 4.94. The molecule has 2 rings (SSSR count). The number of furan rings is 1. The Bertz CT molecular complexity index is 527. The van der Waals surface area contributed by atoms with E-state index in [0.29, 0.717) is 10.8 Å². The Kier molecular flexibility index (Phi) is 3.54. The average molecular weight is 272 g/mol. The Balaban J connectivity index is 2.18. The predicted octanol–water partition coefficient (Wildman–Crippen LogP) is 3.86. The molecule has 0 saturated carbocycles. The zero-order chi connectivity index (χ0) is 12.4. The molecule has 4 nitrogen and oxygen atoms in total. The van der Waals surface area contributed by atoms with Crippen LogP contribution in [-0.4, -0.2) is 9.97 Å². The molecule has 2 aromatic rings.